The van der Waals surface area contributed by atoms with Gasteiger partial charge in [-0.15, -0.1) is 0 Å². The lowest BCUT2D eigenvalue weighted by Gasteiger charge is -2.23. The van der Waals surface area contributed by atoms with E-state index < -0.39 is 0 Å². The van der Waals surface area contributed by atoms with E-state index in [1.54, 1.807) is 6.20 Å². The van der Waals surface area contributed by atoms with E-state index in [1.165, 1.54) is 0 Å². The summed E-state index contributed by atoms with van der Waals surface area (Å²) in [5.74, 6) is 0.902. The largest absolute Gasteiger partial charge is 0.474 e. The fourth-order valence-electron chi connectivity index (χ4n) is 1.73. The van der Waals surface area contributed by atoms with E-state index in [1.807, 2.05) is 10.9 Å². The van der Waals surface area contributed by atoms with Gasteiger partial charge in [0.05, 0.1) is 12.5 Å². The molecule has 1 N–H and O–H groups in total. The number of aryl methyl sites for hydroxylation is 1. The number of rotatable bonds is 3. The summed E-state index contributed by atoms with van der Waals surface area (Å²) in [5, 5.41) is 3.32. The molecule has 78 valence electrons. The monoisotopic (exact) mass is 195 g/mol. The van der Waals surface area contributed by atoms with Crippen molar-refractivity contribution in [2.75, 3.05) is 13.1 Å². The van der Waals surface area contributed by atoms with Gasteiger partial charge < -0.3 is 14.6 Å². The van der Waals surface area contributed by atoms with Crippen LogP contribution in [0.3, 0.4) is 0 Å². The van der Waals surface area contributed by atoms with E-state index >= 15 is 0 Å². The molecule has 0 saturated carbocycles. The topological polar surface area (TPSA) is 39.1 Å². The van der Waals surface area contributed by atoms with Crippen LogP contribution in [0.5, 0.6) is 5.88 Å². The van der Waals surface area contributed by atoms with Crippen LogP contribution in [-0.2, 0) is 6.54 Å². The normalized spacial score (nSPS) is 18.4. The van der Waals surface area contributed by atoms with Crippen molar-refractivity contribution in [3.8, 4) is 5.88 Å². The number of aromatic nitrogens is 2. The SMILES string of the molecule is CCn1cncc1OC1CCNCC1. The molecule has 4 nitrogen and oxygen atoms in total. The highest BCUT2D eigenvalue weighted by Crippen LogP contribution is 2.15. The first kappa shape index (κ1) is 9.52. The molecule has 2 rings (SSSR count). The van der Waals surface area contributed by atoms with Gasteiger partial charge in [-0.3, -0.25) is 0 Å². The van der Waals surface area contributed by atoms with Crippen LogP contribution in [-0.4, -0.2) is 28.7 Å². The molecule has 1 aliphatic heterocycles. The van der Waals surface area contributed by atoms with Crippen LogP contribution in [0.2, 0.25) is 0 Å². The van der Waals surface area contributed by atoms with Crippen molar-refractivity contribution in [1.82, 2.24) is 14.9 Å². The molecule has 0 amide bonds. The number of nitrogens with zero attached hydrogens (tertiary/aromatic N) is 2. The van der Waals surface area contributed by atoms with E-state index in [4.69, 9.17) is 4.74 Å². The zero-order chi connectivity index (χ0) is 9.80. The van der Waals surface area contributed by atoms with Gasteiger partial charge in [-0.25, -0.2) is 4.98 Å². The van der Waals surface area contributed by atoms with Gasteiger partial charge in [0.15, 0.2) is 0 Å². The molecule has 1 saturated heterocycles. The second-order valence-electron chi connectivity index (χ2n) is 3.59. The predicted octanol–water partition coefficient (Wildman–Crippen LogP) is 1.03. The predicted molar refractivity (Wildman–Crippen MR) is 54.4 cm³/mol. The minimum Gasteiger partial charge on any atom is -0.474 e. The summed E-state index contributed by atoms with van der Waals surface area (Å²) in [5.41, 5.74) is 0. The smallest absolute Gasteiger partial charge is 0.213 e. The number of ether oxygens (including phenoxy) is 1. The van der Waals surface area contributed by atoms with Crippen LogP contribution in [0.15, 0.2) is 12.5 Å². The number of hydrogen-bond acceptors (Lipinski definition) is 3. The maximum Gasteiger partial charge on any atom is 0.213 e. The maximum absolute atomic E-state index is 5.88. The summed E-state index contributed by atoms with van der Waals surface area (Å²) in [6.45, 7) is 5.13. The minimum absolute atomic E-state index is 0.359. The van der Waals surface area contributed by atoms with Crippen molar-refractivity contribution < 1.29 is 4.74 Å². The molecule has 0 aliphatic carbocycles. The zero-order valence-corrected chi connectivity index (χ0v) is 8.57. The summed E-state index contributed by atoms with van der Waals surface area (Å²) in [6, 6.07) is 0. The molecule has 1 aromatic heterocycles. The third kappa shape index (κ3) is 2.07. The van der Waals surface area contributed by atoms with Gasteiger partial charge in [-0.2, -0.15) is 0 Å². The fraction of sp³-hybridized carbons (Fsp3) is 0.700. The third-order valence-corrected chi connectivity index (χ3v) is 2.59. The Morgan fingerprint density at radius 1 is 1.57 bits per heavy atom. The average molecular weight is 195 g/mol. The molecule has 0 atom stereocenters. The Balaban J connectivity index is 1.95. The Labute approximate surface area is 84.3 Å². The zero-order valence-electron chi connectivity index (χ0n) is 8.57. The summed E-state index contributed by atoms with van der Waals surface area (Å²) in [4.78, 5) is 4.08. The lowest BCUT2D eigenvalue weighted by atomic mass is 10.1. The number of imidazole rings is 1. The Morgan fingerprint density at radius 2 is 2.36 bits per heavy atom. The van der Waals surface area contributed by atoms with Crippen LogP contribution in [0.1, 0.15) is 19.8 Å². The van der Waals surface area contributed by atoms with Crippen LogP contribution >= 0.6 is 0 Å². The molecule has 0 aromatic carbocycles. The third-order valence-electron chi connectivity index (χ3n) is 2.59. The molecule has 0 unspecified atom stereocenters. The molecule has 4 heteroatoms. The highest BCUT2D eigenvalue weighted by Gasteiger charge is 2.15. The Kier molecular flexibility index (Phi) is 3.03. The number of nitrogens with one attached hydrogen (secondary N) is 1. The Morgan fingerprint density at radius 3 is 3.07 bits per heavy atom. The standard InChI is InChI=1S/C10H17N3O/c1-2-13-8-12-7-10(13)14-9-3-5-11-6-4-9/h7-9,11H,2-6H2,1H3. The molecule has 1 aliphatic rings. The van der Waals surface area contributed by atoms with Gasteiger partial charge in [-0.1, -0.05) is 0 Å². The first-order valence-electron chi connectivity index (χ1n) is 5.27. The number of hydrogen-bond donors (Lipinski definition) is 1. The van der Waals surface area contributed by atoms with Crippen molar-refractivity contribution >= 4 is 0 Å². The molecule has 14 heavy (non-hydrogen) atoms. The van der Waals surface area contributed by atoms with Gasteiger partial charge in [0, 0.05) is 6.54 Å². The molecule has 2 heterocycles. The quantitative estimate of drug-likeness (QED) is 0.783. The van der Waals surface area contributed by atoms with Gasteiger partial charge >= 0.3 is 0 Å². The van der Waals surface area contributed by atoms with E-state index in [0.717, 1.165) is 38.4 Å². The van der Waals surface area contributed by atoms with Gasteiger partial charge in [0.1, 0.15) is 6.10 Å². The van der Waals surface area contributed by atoms with E-state index in [-0.39, 0.29) is 0 Å². The Hall–Kier alpha value is -1.03. The second kappa shape index (κ2) is 4.46. The first-order valence-corrected chi connectivity index (χ1v) is 5.27. The highest BCUT2D eigenvalue weighted by atomic mass is 16.5. The molecular weight excluding hydrogens is 178 g/mol. The van der Waals surface area contributed by atoms with Gasteiger partial charge in [0.25, 0.3) is 0 Å². The van der Waals surface area contributed by atoms with Crippen molar-refractivity contribution in [3.05, 3.63) is 12.5 Å². The summed E-state index contributed by atoms with van der Waals surface area (Å²) < 4.78 is 7.91. The van der Waals surface area contributed by atoms with Crippen LogP contribution < -0.4 is 10.1 Å². The van der Waals surface area contributed by atoms with Crippen LogP contribution in [0, 0.1) is 0 Å². The van der Waals surface area contributed by atoms with E-state index in [9.17, 15) is 0 Å². The van der Waals surface area contributed by atoms with Crippen LogP contribution in [0.4, 0.5) is 0 Å². The van der Waals surface area contributed by atoms with Crippen molar-refractivity contribution in [2.45, 2.75) is 32.4 Å². The molecule has 1 fully saturated rings. The average Bonchev–Trinajstić information content (AvgIpc) is 2.67. The maximum atomic E-state index is 5.88. The van der Waals surface area contributed by atoms with E-state index in [2.05, 4.69) is 17.2 Å². The Bertz CT molecular complexity index is 279. The molecule has 0 spiro atoms. The first-order chi connectivity index (χ1) is 6.90. The summed E-state index contributed by atoms with van der Waals surface area (Å²) in [7, 11) is 0. The lowest BCUT2D eigenvalue weighted by Crippen LogP contribution is -2.34. The molecular formula is C10H17N3O. The minimum atomic E-state index is 0.359. The van der Waals surface area contributed by atoms with Crippen LogP contribution in [0.25, 0.3) is 0 Å². The number of piperidine rings is 1. The van der Waals surface area contributed by atoms with Crippen molar-refractivity contribution in [1.29, 1.82) is 0 Å². The molecule has 1 aromatic rings. The summed E-state index contributed by atoms with van der Waals surface area (Å²) in [6.07, 6.45) is 6.16. The van der Waals surface area contributed by atoms with Gasteiger partial charge in [0.2, 0.25) is 5.88 Å². The molecule has 0 radical (unpaired) electrons. The van der Waals surface area contributed by atoms with E-state index in [0.29, 0.717) is 6.10 Å². The summed E-state index contributed by atoms with van der Waals surface area (Å²) >= 11 is 0. The van der Waals surface area contributed by atoms with Crippen molar-refractivity contribution in [3.63, 3.8) is 0 Å². The molecule has 0 bridgehead atoms. The van der Waals surface area contributed by atoms with Crippen molar-refractivity contribution in [2.24, 2.45) is 0 Å². The van der Waals surface area contributed by atoms with Gasteiger partial charge in [-0.05, 0) is 32.9 Å². The lowest BCUT2D eigenvalue weighted by molar-refractivity contribution is 0.149. The second-order valence-corrected chi connectivity index (χ2v) is 3.59. The fourth-order valence-corrected chi connectivity index (χ4v) is 1.73. The highest BCUT2D eigenvalue weighted by molar-refractivity contribution is 5.06.